The zero-order chi connectivity index (χ0) is 16.4. The molecular weight excluding hydrogens is 320 g/mol. The average Bonchev–Trinajstić information content (AvgIpc) is 2.90. The maximum absolute atomic E-state index is 12.3. The molecule has 3 aromatic rings. The molecule has 1 heterocycles. The Morgan fingerprint density at radius 1 is 1.13 bits per heavy atom. The molecule has 3 rings (SSSR count). The van der Waals surface area contributed by atoms with Gasteiger partial charge in [-0.1, -0.05) is 30.3 Å². The highest BCUT2D eigenvalue weighted by Gasteiger charge is 2.21. The van der Waals surface area contributed by atoms with Crippen molar-refractivity contribution in [3.63, 3.8) is 0 Å². The fraction of sp³-hybridized carbons (Fsp3) is 0.0714. The van der Waals surface area contributed by atoms with Gasteiger partial charge in [0, 0.05) is 17.0 Å². The molecule has 0 saturated heterocycles. The lowest BCUT2D eigenvalue weighted by Gasteiger charge is -2.06. The van der Waals surface area contributed by atoms with Crippen molar-refractivity contribution in [3.05, 3.63) is 64.2 Å². The van der Waals surface area contributed by atoms with Crippen LogP contribution in [0.5, 0.6) is 0 Å². The van der Waals surface area contributed by atoms with Crippen LogP contribution in [0, 0.1) is 10.1 Å². The highest BCUT2D eigenvalue weighted by atomic mass is 32.2. The summed E-state index contributed by atoms with van der Waals surface area (Å²) < 4.78 is 27.0. The molecule has 23 heavy (non-hydrogen) atoms. The van der Waals surface area contributed by atoms with E-state index in [1.807, 2.05) is 0 Å². The fourth-order valence-electron chi connectivity index (χ4n) is 2.24. The number of H-pyrrole nitrogens is 1. The van der Waals surface area contributed by atoms with Crippen molar-refractivity contribution in [2.24, 2.45) is 0 Å². The van der Waals surface area contributed by atoms with E-state index in [2.05, 4.69) is 14.9 Å². The van der Waals surface area contributed by atoms with E-state index in [9.17, 15) is 18.5 Å². The molecule has 0 saturated carbocycles. The second-order valence-corrected chi connectivity index (χ2v) is 6.59. The minimum Gasteiger partial charge on any atom is -0.276 e. The summed E-state index contributed by atoms with van der Waals surface area (Å²) >= 11 is 0. The van der Waals surface area contributed by atoms with E-state index in [0.29, 0.717) is 10.9 Å². The minimum absolute atomic E-state index is 0.116. The predicted octanol–water partition coefficient (Wildman–Crippen LogP) is 2.41. The van der Waals surface area contributed by atoms with Gasteiger partial charge < -0.3 is 0 Å². The zero-order valence-corrected chi connectivity index (χ0v) is 12.6. The van der Waals surface area contributed by atoms with Crippen LogP contribution in [0.4, 0.5) is 11.5 Å². The van der Waals surface area contributed by atoms with Gasteiger partial charge in [0.2, 0.25) is 10.0 Å². The second kappa shape index (κ2) is 5.69. The van der Waals surface area contributed by atoms with Gasteiger partial charge in [0.15, 0.2) is 5.82 Å². The number of sulfonamides is 1. The summed E-state index contributed by atoms with van der Waals surface area (Å²) in [6, 6.07) is 12.8. The summed E-state index contributed by atoms with van der Waals surface area (Å²) in [7, 11) is -3.84. The molecule has 8 nitrogen and oxygen atoms in total. The predicted molar refractivity (Wildman–Crippen MR) is 85.4 cm³/mol. The lowest BCUT2D eigenvalue weighted by Crippen LogP contribution is -2.16. The Hall–Kier alpha value is -2.94. The van der Waals surface area contributed by atoms with Crippen LogP contribution in [-0.4, -0.2) is 23.5 Å². The standard InChI is InChI=1S/C14H12N4O4S/c19-18(20)13-8-4-1-5-10(13)9-23(21,22)17-14-11-6-2-3-7-12(11)15-16-14/h1-8H,9H2,(H2,15,16,17). The van der Waals surface area contributed by atoms with Gasteiger partial charge in [-0.05, 0) is 12.1 Å². The number of nitrogens with one attached hydrogen (secondary N) is 2. The van der Waals surface area contributed by atoms with Crippen molar-refractivity contribution < 1.29 is 13.3 Å². The third-order valence-electron chi connectivity index (χ3n) is 3.26. The van der Waals surface area contributed by atoms with E-state index in [0.717, 1.165) is 0 Å². The van der Waals surface area contributed by atoms with Crippen molar-refractivity contribution in [1.82, 2.24) is 10.2 Å². The molecule has 0 aliphatic carbocycles. The molecule has 0 atom stereocenters. The molecule has 0 fully saturated rings. The number of aromatic nitrogens is 2. The van der Waals surface area contributed by atoms with Gasteiger partial charge in [-0.15, -0.1) is 0 Å². The highest BCUT2D eigenvalue weighted by molar-refractivity contribution is 7.91. The maximum atomic E-state index is 12.3. The number of hydrogen-bond donors (Lipinski definition) is 2. The SMILES string of the molecule is O=[N+]([O-])c1ccccc1CS(=O)(=O)Nc1n[nH]c2ccccc12. The zero-order valence-electron chi connectivity index (χ0n) is 11.8. The van der Waals surface area contributed by atoms with Crippen LogP contribution in [0.25, 0.3) is 10.9 Å². The molecule has 0 unspecified atom stereocenters. The molecule has 1 aromatic heterocycles. The molecular formula is C14H12N4O4S. The first kappa shape index (κ1) is 15.0. The third-order valence-corrected chi connectivity index (χ3v) is 4.45. The quantitative estimate of drug-likeness (QED) is 0.549. The summed E-state index contributed by atoms with van der Waals surface area (Å²) in [6.07, 6.45) is 0. The van der Waals surface area contributed by atoms with E-state index < -0.39 is 20.7 Å². The number of anilines is 1. The minimum atomic E-state index is -3.84. The van der Waals surface area contributed by atoms with E-state index in [1.165, 1.54) is 18.2 Å². The van der Waals surface area contributed by atoms with Gasteiger partial charge in [-0.3, -0.25) is 19.9 Å². The molecule has 0 amide bonds. The molecule has 0 aliphatic heterocycles. The monoisotopic (exact) mass is 332 g/mol. The Morgan fingerprint density at radius 2 is 1.83 bits per heavy atom. The van der Waals surface area contributed by atoms with E-state index in [1.54, 1.807) is 30.3 Å². The van der Waals surface area contributed by atoms with Crippen molar-refractivity contribution in [2.75, 3.05) is 4.72 Å². The summed E-state index contributed by atoms with van der Waals surface area (Å²) in [5.74, 6) is -0.343. The van der Waals surface area contributed by atoms with E-state index in [4.69, 9.17) is 0 Å². The number of nitro groups is 1. The van der Waals surface area contributed by atoms with E-state index >= 15 is 0 Å². The highest BCUT2D eigenvalue weighted by Crippen LogP contribution is 2.24. The molecule has 0 spiro atoms. The number of fused-ring (bicyclic) bond motifs is 1. The summed E-state index contributed by atoms with van der Waals surface area (Å²) in [5, 5.41) is 18.2. The first-order chi connectivity index (χ1) is 11.0. The lowest BCUT2D eigenvalue weighted by molar-refractivity contribution is -0.385. The Morgan fingerprint density at radius 3 is 2.61 bits per heavy atom. The Labute approximate surface area is 131 Å². The number of hydrogen-bond acceptors (Lipinski definition) is 5. The van der Waals surface area contributed by atoms with Crippen molar-refractivity contribution in [1.29, 1.82) is 0 Å². The van der Waals surface area contributed by atoms with Gasteiger partial charge in [0.1, 0.15) is 5.75 Å². The van der Waals surface area contributed by atoms with Gasteiger partial charge in [-0.2, -0.15) is 5.10 Å². The largest absolute Gasteiger partial charge is 0.276 e. The number of nitrogens with zero attached hydrogens (tertiary/aromatic N) is 2. The van der Waals surface area contributed by atoms with Crippen molar-refractivity contribution in [2.45, 2.75) is 5.75 Å². The van der Waals surface area contributed by atoms with Gasteiger partial charge in [-0.25, -0.2) is 8.42 Å². The first-order valence-corrected chi connectivity index (χ1v) is 8.27. The van der Waals surface area contributed by atoms with Gasteiger partial charge in [0.25, 0.3) is 5.69 Å². The topological polar surface area (TPSA) is 118 Å². The first-order valence-electron chi connectivity index (χ1n) is 6.62. The Balaban J connectivity index is 1.90. The van der Waals surface area contributed by atoms with E-state index in [-0.39, 0.29) is 17.1 Å². The third kappa shape index (κ3) is 3.14. The molecule has 118 valence electrons. The number of aromatic amines is 1. The number of rotatable bonds is 5. The van der Waals surface area contributed by atoms with Gasteiger partial charge >= 0.3 is 0 Å². The summed E-state index contributed by atoms with van der Waals surface area (Å²) in [4.78, 5) is 10.4. The van der Waals surface area contributed by atoms with Crippen LogP contribution < -0.4 is 4.72 Å². The molecule has 0 aliphatic rings. The van der Waals surface area contributed by atoms with Crippen LogP contribution in [0.2, 0.25) is 0 Å². The molecule has 2 aromatic carbocycles. The summed E-state index contributed by atoms with van der Waals surface area (Å²) in [6.45, 7) is 0. The smallest absolute Gasteiger partial charge is 0.273 e. The summed E-state index contributed by atoms with van der Waals surface area (Å²) in [5.41, 5.74) is 0.575. The van der Waals surface area contributed by atoms with Crippen molar-refractivity contribution >= 4 is 32.4 Å². The normalized spacial score (nSPS) is 11.5. The number of nitro benzene ring substituents is 1. The molecule has 2 N–H and O–H groups in total. The maximum Gasteiger partial charge on any atom is 0.273 e. The van der Waals surface area contributed by atoms with Crippen LogP contribution in [-0.2, 0) is 15.8 Å². The lowest BCUT2D eigenvalue weighted by atomic mass is 10.2. The fourth-order valence-corrected chi connectivity index (χ4v) is 3.42. The van der Waals surface area contributed by atoms with Crippen LogP contribution in [0.1, 0.15) is 5.56 Å². The van der Waals surface area contributed by atoms with Crippen LogP contribution in [0.3, 0.4) is 0 Å². The average molecular weight is 332 g/mol. The van der Waals surface area contributed by atoms with Gasteiger partial charge in [0.05, 0.1) is 10.4 Å². The Bertz CT molecular complexity index is 981. The molecule has 9 heteroatoms. The van der Waals surface area contributed by atoms with Crippen molar-refractivity contribution in [3.8, 4) is 0 Å². The van der Waals surface area contributed by atoms with Crippen LogP contribution in [0.15, 0.2) is 48.5 Å². The number of benzene rings is 2. The molecule has 0 bridgehead atoms. The Kier molecular flexibility index (Phi) is 3.70. The molecule has 0 radical (unpaired) electrons. The van der Waals surface area contributed by atoms with Crippen LogP contribution >= 0.6 is 0 Å². The second-order valence-electron chi connectivity index (χ2n) is 4.86. The number of para-hydroxylation sites is 2.